The Morgan fingerprint density at radius 2 is 1.95 bits per heavy atom. The molecule has 4 rings (SSSR count). The Balaban J connectivity index is 1.41. The zero-order valence-electron chi connectivity index (χ0n) is 12.7. The van der Waals surface area contributed by atoms with Crippen molar-refractivity contribution in [1.82, 2.24) is 10.2 Å². The predicted molar refractivity (Wildman–Crippen MR) is 82.5 cm³/mol. The number of hydrogen-bond acceptors (Lipinski definition) is 4. The number of carbonyl (C=O) groups excluding carboxylic acids is 1. The first-order chi connectivity index (χ1) is 10.8. The average molecular weight is 302 g/mol. The molecule has 22 heavy (non-hydrogen) atoms. The van der Waals surface area contributed by atoms with Gasteiger partial charge < -0.3 is 14.8 Å². The molecule has 2 fully saturated rings. The van der Waals surface area contributed by atoms with Gasteiger partial charge in [0.2, 0.25) is 0 Å². The fourth-order valence-corrected chi connectivity index (χ4v) is 3.25. The maximum absolute atomic E-state index is 12.4. The first kappa shape index (κ1) is 13.9. The van der Waals surface area contributed by atoms with Gasteiger partial charge in [0.05, 0.1) is 13.2 Å². The monoisotopic (exact) mass is 302 g/mol. The lowest BCUT2D eigenvalue weighted by Crippen LogP contribution is -2.37. The van der Waals surface area contributed by atoms with Crippen molar-refractivity contribution >= 4 is 5.91 Å². The number of benzene rings is 1. The summed E-state index contributed by atoms with van der Waals surface area (Å²) < 4.78 is 11.3. The van der Waals surface area contributed by atoms with Crippen LogP contribution in [0.1, 0.15) is 36.0 Å². The second-order valence-corrected chi connectivity index (χ2v) is 6.40. The fraction of sp³-hybridized carbons (Fsp3) is 0.588. The highest BCUT2D eigenvalue weighted by molar-refractivity contribution is 5.95. The molecule has 1 amide bonds. The van der Waals surface area contributed by atoms with Crippen molar-refractivity contribution in [2.24, 2.45) is 0 Å². The molecule has 118 valence electrons. The number of hydrogen-bond donors (Lipinski definition) is 1. The Labute approximate surface area is 130 Å². The van der Waals surface area contributed by atoms with E-state index in [1.54, 1.807) is 6.07 Å². The van der Waals surface area contributed by atoms with Gasteiger partial charge in [0.25, 0.3) is 5.91 Å². The number of ether oxygens (including phenoxy) is 2. The molecule has 1 N–H and O–H groups in total. The van der Waals surface area contributed by atoms with Gasteiger partial charge in [-0.3, -0.25) is 9.69 Å². The summed E-state index contributed by atoms with van der Waals surface area (Å²) in [7, 11) is 0. The van der Waals surface area contributed by atoms with E-state index in [-0.39, 0.29) is 11.9 Å². The van der Waals surface area contributed by atoms with Crippen molar-refractivity contribution < 1.29 is 14.3 Å². The lowest BCUT2D eigenvalue weighted by Gasteiger charge is -2.16. The Morgan fingerprint density at radius 1 is 1.14 bits per heavy atom. The van der Waals surface area contributed by atoms with Gasteiger partial charge in [-0.25, -0.2) is 0 Å². The third kappa shape index (κ3) is 2.90. The quantitative estimate of drug-likeness (QED) is 0.925. The van der Waals surface area contributed by atoms with Gasteiger partial charge in [-0.05, 0) is 37.5 Å². The molecule has 1 aromatic rings. The molecule has 2 aliphatic heterocycles. The maximum Gasteiger partial charge on any atom is 0.251 e. The summed E-state index contributed by atoms with van der Waals surface area (Å²) in [4.78, 5) is 14.9. The molecule has 3 aliphatic rings. The molecule has 0 aromatic heterocycles. The molecule has 0 radical (unpaired) electrons. The molecule has 5 nitrogen and oxygen atoms in total. The molecule has 1 aromatic carbocycles. The van der Waals surface area contributed by atoms with Gasteiger partial charge >= 0.3 is 0 Å². The SMILES string of the molecule is O=C(N[C@@H]1CCN(C2CC2)C1)c1ccc2c(c1)OCCCO2. The third-order valence-electron chi connectivity index (χ3n) is 4.63. The molecule has 0 unspecified atom stereocenters. The molecule has 0 bridgehead atoms. The molecule has 1 saturated carbocycles. The van der Waals surface area contributed by atoms with Crippen molar-refractivity contribution in [3.63, 3.8) is 0 Å². The summed E-state index contributed by atoms with van der Waals surface area (Å²) in [6, 6.07) is 6.49. The van der Waals surface area contributed by atoms with Crippen molar-refractivity contribution in [2.45, 2.75) is 37.8 Å². The van der Waals surface area contributed by atoms with Gasteiger partial charge in [0, 0.05) is 37.2 Å². The number of nitrogens with one attached hydrogen (secondary N) is 1. The first-order valence-corrected chi connectivity index (χ1v) is 8.24. The highest BCUT2D eigenvalue weighted by Gasteiger charge is 2.34. The zero-order chi connectivity index (χ0) is 14.9. The molecule has 5 heteroatoms. The Bertz CT molecular complexity index is 571. The number of nitrogens with zero attached hydrogens (tertiary/aromatic N) is 1. The predicted octanol–water partition coefficient (Wildman–Crippen LogP) is 1.81. The van der Waals surface area contributed by atoms with Gasteiger partial charge in [-0.15, -0.1) is 0 Å². The van der Waals surface area contributed by atoms with Crippen LogP contribution in [-0.2, 0) is 0 Å². The Kier molecular flexibility index (Phi) is 3.66. The van der Waals surface area contributed by atoms with Gasteiger partial charge in [0.15, 0.2) is 11.5 Å². The summed E-state index contributed by atoms with van der Waals surface area (Å²) in [6.45, 7) is 3.40. The molecule has 0 spiro atoms. The van der Waals surface area contributed by atoms with Crippen molar-refractivity contribution in [1.29, 1.82) is 0 Å². The molecular formula is C17H22N2O3. The van der Waals surface area contributed by atoms with Crippen LogP contribution in [0.25, 0.3) is 0 Å². The van der Waals surface area contributed by atoms with Crippen molar-refractivity contribution in [2.75, 3.05) is 26.3 Å². The minimum atomic E-state index is -0.0155. The van der Waals surface area contributed by atoms with Crippen molar-refractivity contribution in [3.8, 4) is 11.5 Å². The highest BCUT2D eigenvalue weighted by Crippen LogP contribution is 2.31. The van der Waals surface area contributed by atoms with Crippen LogP contribution >= 0.6 is 0 Å². The van der Waals surface area contributed by atoms with E-state index in [4.69, 9.17) is 9.47 Å². The second-order valence-electron chi connectivity index (χ2n) is 6.40. The zero-order valence-corrected chi connectivity index (χ0v) is 12.7. The molecule has 1 aliphatic carbocycles. The van der Waals surface area contributed by atoms with Gasteiger partial charge in [0.1, 0.15) is 0 Å². The molecule has 2 heterocycles. The number of fused-ring (bicyclic) bond motifs is 1. The van der Waals surface area contributed by atoms with Crippen LogP contribution in [0.15, 0.2) is 18.2 Å². The average Bonchev–Trinajstić information content (AvgIpc) is 3.31. The number of likely N-dealkylation sites (tertiary alicyclic amines) is 1. The molecular weight excluding hydrogens is 280 g/mol. The van der Waals surface area contributed by atoms with Crippen LogP contribution < -0.4 is 14.8 Å². The smallest absolute Gasteiger partial charge is 0.251 e. The van der Waals surface area contributed by atoms with Crippen LogP contribution in [0.2, 0.25) is 0 Å². The third-order valence-corrected chi connectivity index (χ3v) is 4.63. The summed E-state index contributed by atoms with van der Waals surface area (Å²) >= 11 is 0. The van der Waals surface area contributed by atoms with Crippen molar-refractivity contribution in [3.05, 3.63) is 23.8 Å². The highest BCUT2D eigenvalue weighted by atomic mass is 16.5. The minimum Gasteiger partial charge on any atom is -0.490 e. The van der Waals surface area contributed by atoms with E-state index in [1.165, 1.54) is 12.8 Å². The minimum absolute atomic E-state index is 0.0155. The summed E-state index contributed by atoms with van der Waals surface area (Å²) in [5.74, 6) is 1.39. The van der Waals surface area contributed by atoms with Crippen LogP contribution in [0.4, 0.5) is 0 Å². The second kappa shape index (κ2) is 5.80. The lowest BCUT2D eigenvalue weighted by molar-refractivity contribution is 0.0937. The van der Waals surface area contributed by atoms with E-state index >= 15 is 0 Å². The maximum atomic E-state index is 12.4. The number of carbonyl (C=O) groups is 1. The number of rotatable bonds is 3. The fourth-order valence-electron chi connectivity index (χ4n) is 3.25. The normalized spacial score (nSPS) is 24.8. The van der Waals surface area contributed by atoms with E-state index in [0.29, 0.717) is 24.5 Å². The Hall–Kier alpha value is -1.75. The Morgan fingerprint density at radius 3 is 2.77 bits per heavy atom. The van der Waals surface area contributed by atoms with Gasteiger partial charge in [-0.1, -0.05) is 0 Å². The van der Waals surface area contributed by atoms with Crippen LogP contribution in [0.5, 0.6) is 11.5 Å². The molecule has 1 saturated heterocycles. The summed E-state index contributed by atoms with van der Waals surface area (Å²) in [5.41, 5.74) is 0.647. The molecule has 1 atom stereocenters. The lowest BCUT2D eigenvalue weighted by atomic mass is 10.1. The standard InChI is InChI=1S/C17H22N2O3/c20-17(18-13-6-7-19(11-13)14-3-4-14)12-2-5-15-16(10-12)22-9-1-8-21-15/h2,5,10,13-14H,1,3-4,6-9,11H2,(H,18,20)/t13-/m1/s1. The van der Waals surface area contributed by atoms with E-state index < -0.39 is 0 Å². The first-order valence-electron chi connectivity index (χ1n) is 8.24. The van der Waals surface area contributed by atoms with E-state index in [9.17, 15) is 4.79 Å². The topological polar surface area (TPSA) is 50.8 Å². The summed E-state index contributed by atoms with van der Waals surface area (Å²) in [5, 5.41) is 3.15. The van der Waals surface area contributed by atoms with Crippen LogP contribution in [-0.4, -0.2) is 49.2 Å². The van der Waals surface area contributed by atoms with E-state index in [0.717, 1.165) is 37.7 Å². The van der Waals surface area contributed by atoms with E-state index in [1.807, 2.05) is 12.1 Å². The van der Waals surface area contributed by atoms with Crippen LogP contribution in [0, 0.1) is 0 Å². The summed E-state index contributed by atoms with van der Waals surface area (Å²) in [6.07, 6.45) is 4.56. The van der Waals surface area contributed by atoms with Crippen LogP contribution in [0.3, 0.4) is 0 Å². The number of amides is 1. The largest absolute Gasteiger partial charge is 0.490 e. The van der Waals surface area contributed by atoms with E-state index in [2.05, 4.69) is 10.2 Å². The van der Waals surface area contributed by atoms with Gasteiger partial charge in [-0.2, -0.15) is 0 Å².